The van der Waals surface area contributed by atoms with E-state index in [1.54, 1.807) is 0 Å². The monoisotopic (exact) mass is 228 g/mol. The summed E-state index contributed by atoms with van der Waals surface area (Å²) in [5.74, 6) is 0.484. The third kappa shape index (κ3) is 2.25. The first-order valence-electron chi connectivity index (χ1n) is 3.96. The van der Waals surface area contributed by atoms with Crippen molar-refractivity contribution in [2.24, 2.45) is 0 Å². The highest BCUT2D eigenvalue weighted by Gasteiger charge is 2.04. The molecule has 0 atom stereocenters. The highest BCUT2D eigenvalue weighted by molar-refractivity contribution is 6.30. The molecule has 0 saturated heterocycles. The first-order chi connectivity index (χ1) is 6.74. The van der Waals surface area contributed by atoms with Crippen LogP contribution >= 0.6 is 23.2 Å². The number of rotatable bonds is 2. The second-order valence-electron chi connectivity index (χ2n) is 2.76. The van der Waals surface area contributed by atoms with Crippen LogP contribution in [0.5, 0.6) is 0 Å². The highest BCUT2D eigenvalue weighted by atomic mass is 35.5. The molecule has 1 aromatic carbocycles. The Bertz CT molecular complexity index is 442. The van der Waals surface area contributed by atoms with Crippen molar-refractivity contribution in [2.45, 2.75) is 6.42 Å². The van der Waals surface area contributed by atoms with Crippen LogP contribution in [-0.4, -0.2) is 10.2 Å². The predicted molar refractivity (Wildman–Crippen MR) is 53.6 cm³/mol. The third-order valence-electron chi connectivity index (χ3n) is 1.69. The maximum atomic E-state index is 5.82. The minimum Gasteiger partial charge on any atom is -0.412 e. The standard InChI is InChI=1S/C9H6Cl2N2O/c10-7-3-1-2-6(4-7)5-8-12-13-9(11)14-8/h1-4H,5H2. The first-order valence-corrected chi connectivity index (χ1v) is 4.72. The van der Waals surface area contributed by atoms with Gasteiger partial charge in [-0.3, -0.25) is 0 Å². The van der Waals surface area contributed by atoms with Crippen LogP contribution in [0.1, 0.15) is 11.5 Å². The minimum atomic E-state index is 0.0574. The fourth-order valence-corrected chi connectivity index (χ4v) is 1.47. The molecule has 2 rings (SSSR count). The number of hydrogen-bond donors (Lipinski definition) is 0. The molecule has 0 aliphatic carbocycles. The molecule has 0 amide bonds. The van der Waals surface area contributed by atoms with E-state index in [1.165, 1.54) is 0 Å². The van der Waals surface area contributed by atoms with Gasteiger partial charge in [0.25, 0.3) is 0 Å². The molecule has 1 heterocycles. The van der Waals surface area contributed by atoms with Gasteiger partial charge in [-0.05, 0) is 29.3 Å². The molecule has 0 saturated carbocycles. The predicted octanol–water partition coefficient (Wildman–Crippen LogP) is 2.97. The number of hydrogen-bond acceptors (Lipinski definition) is 3. The van der Waals surface area contributed by atoms with Crippen molar-refractivity contribution in [3.05, 3.63) is 46.1 Å². The van der Waals surface area contributed by atoms with Crippen molar-refractivity contribution < 1.29 is 4.42 Å². The van der Waals surface area contributed by atoms with E-state index in [9.17, 15) is 0 Å². The zero-order chi connectivity index (χ0) is 9.97. The SMILES string of the molecule is Clc1cccc(Cc2nnc(Cl)o2)c1. The zero-order valence-electron chi connectivity index (χ0n) is 7.08. The Balaban J connectivity index is 2.18. The summed E-state index contributed by atoms with van der Waals surface area (Å²) >= 11 is 11.3. The van der Waals surface area contributed by atoms with Gasteiger partial charge in [0.15, 0.2) is 0 Å². The van der Waals surface area contributed by atoms with Crippen molar-refractivity contribution in [1.29, 1.82) is 0 Å². The van der Waals surface area contributed by atoms with E-state index < -0.39 is 0 Å². The summed E-state index contributed by atoms with van der Waals surface area (Å²) in [6, 6.07) is 7.46. The van der Waals surface area contributed by atoms with E-state index >= 15 is 0 Å². The average Bonchev–Trinajstić information content (AvgIpc) is 2.51. The fourth-order valence-electron chi connectivity index (χ4n) is 1.13. The summed E-state index contributed by atoms with van der Waals surface area (Å²) in [6.45, 7) is 0. The molecule has 0 unspecified atom stereocenters. The number of benzene rings is 1. The summed E-state index contributed by atoms with van der Waals surface area (Å²) in [5, 5.41) is 8.05. The van der Waals surface area contributed by atoms with E-state index in [4.69, 9.17) is 27.6 Å². The lowest BCUT2D eigenvalue weighted by Gasteiger charge is -1.96. The van der Waals surface area contributed by atoms with Gasteiger partial charge >= 0.3 is 5.35 Å². The molecule has 3 nitrogen and oxygen atoms in total. The van der Waals surface area contributed by atoms with Crippen LogP contribution in [0.15, 0.2) is 28.7 Å². The van der Waals surface area contributed by atoms with E-state index in [-0.39, 0.29) is 5.35 Å². The topological polar surface area (TPSA) is 38.9 Å². The molecule has 14 heavy (non-hydrogen) atoms. The number of halogens is 2. The van der Waals surface area contributed by atoms with E-state index in [2.05, 4.69) is 10.2 Å². The van der Waals surface area contributed by atoms with Gasteiger partial charge in [-0.1, -0.05) is 28.8 Å². The molecule has 1 aromatic heterocycles. The lowest BCUT2D eigenvalue weighted by atomic mass is 10.1. The Morgan fingerprint density at radius 3 is 2.71 bits per heavy atom. The van der Waals surface area contributed by atoms with Gasteiger partial charge in [-0.25, -0.2) is 0 Å². The average molecular weight is 229 g/mol. The van der Waals surface area contributed by atoms with Gasteiger partial charge in [0.2, 0.25) is 5.89 Å². The lowest BCUT2D eigenvalue weighted by Crippen LogP contribution is -1.87. The van der Waals surface area contributed by atoms with Crippen LogP contribution in [0, 0.1) is 0 Å². The number of nitrogens with zero attached hydrogens (tertiary/aromatic N) is 2. The van der Waals surface area contributed by atoms with Crippen LogP contribution in [0.2, 0.25) is 10.4 Å². The van der Waals surface area contributed by atoms with Crippen LogP contribution in [0.4, 0.5) is 0 Å². The van der Waals surface area contributed by atoms with Crippen LogP contribution < -0.4 is 0 Å². The quantitative estimate of drug-likeness (QED) is 0.794. The Morgan fingerprint density at radius 1 is 1.21 bits per heavy atom. The Labute approximate surface area is 90.7 Å². The maximum absolute atomic E-state index is 5.82. The number of aromatic nitrogens is 2. The van der Waals surface area contributed by atoms with Gasteiger partial charge in [0, 0.05) is 5.02 Å². The summed E-state index contributed by atoms with van der Waals surface area (Å²) in [5.41, 5.74) is 1.01. The van der Waals surface area contributed by atoms with Crippen LogP contribution in [-0.2, 0) is 6.42 Å². The first kappa shape index (κ1) is 9.49. The van der Waals surface area contributed by atoms with Gasteiger partial charge < -0.3 is 4.42 Å². The Kier molecular flexibility index (Phi) is 2.70. The van der Waals surface area contributed by atoms with Crippen molar-refractivity contribution in [1.82, 2.24) is 10.2 Å². The second-order valence-corrected chi connectivity index (χ2v) is 3.52. The highest BCUT2D eigenvalue weighted by Crippen LogP contribution is 2.15. The van der Waals surface area contributed by atoms with Crippen molar-refractivity contribution in [3.8, 4) is 0 Å². The molecule has 0 spiro atoms. The third-order valence-corrected chi connectivity index (χ3v) is 2.07. The summed E-state index contributed by atoms with van der Waals surface area (Å²) in [6.07, 6.45) is 0.542. The lowest BCUT2D eigenvalue weighted by molar-refractivity contribution is 0.507. The second kappa shape index (κ2) is 3.98. The van der Waals surface area contributed by atoms with Crippen molar-refractivity contribution in [2.75, 3.05) is 0 Å². The van der Waals surface area contributed by atoms with Crippen LogP contribution in [0.3, 0.4) is 0 Å². The molecule has 0 aliphatic rings. The molecule has 0 N–H and O–H groups in total. The molecule has 0 fully saturated rings. The van der Waals surface area contributed by atoms with E-state index in [1.807, 2.05) is 24.3 Å². The van der Waals surface area contributed by atoms with Crippen molar-refractivity contribution in [3.63, 3.8) is 0 Å². The summed E-state index contributed by atoms with van der Waals surface area (Å²) < 4.78 is 5.03. The van der Waals surface area contributed by atoms with Crippen LogP contribution in [0.25, 0.3) is 0 Å². The van der Waals surface area contributed by atoms with Gasteiger partial charge in [0.05, 0.1) is 6.42 Å². The Morgan fingerprint density at radius 2 is 2.07 bits per heavy atom. The van der Waals surface area contributed by atoms with Crippen molar-refractivity contribution >= 4 is 23.2 Å². The molecule has 0 radical (unpaired) electrons. The molecule has 2 aromatic rings. The molecular formula is C9H6Cl2N2O. The van der Waals surface area contributed by atoms with Gasteiger partial charge in [0.1, 0.15) is 0 Å². The molecular weight excluding hydrogens is 223 g/mol. The smallest absolute Gasteiger partial charge is 0.312 e. The van der Waals surface area contributed by atoms with E-state index in [0.717, 1.165) is 5.56 Å². The molecule has 5 heteroatoms. The molecule has 0 bridgehead atoms. The fraction of sp³-hybridized carbons (Fsp3) is 0.111. The van der Waals surface area contributed by atoms with E-state index in [0.29, 0.717) is 17.3 Å². The molecule has 0 aliphatic heterocycles. The molecule has 72 valence electrons. The largest absolute Gasteiger partial charge is 0.412 e. The summed E-state index contributed by atoms with van der Waals surface area (Å²) in [7, 11) is 0. The maximum Gasteiger partial charge on any atom is 0.312 e. The Hall–Kier alpha value is -1.06. The normalized spacial score (nSPS) is 10.4. The zero-order valence-corrected chi connectivity index (χ0v) is 8.59. The van der Waals surface area contributed by atoms with Gasteiger partial charge in [-0.15, -0.1) is 5.10 Å². The minimum absolute atomic E-state index is 0.0574. The van der Waals surface area contributed by atoms with Gasteiger partial charge in [-0.2, -0.15) is 0 Å². The summed E-state index contributed by atoms with van der Waals surface area (Å²) in [4.78, 5) is 0.